The maximum atomic E-state index is 14.2. The Morgan fingerprint density at radius 1 is 0.600 bits per heavy atom. The van der Waals surface area contributed by atoms with Gasteiger partial charge in [-0.1, -0.05) is 48.5 Å². The molecule has 0 saturated heterocycles. The van der Waals surface area contributed by atoms with Crippen molar-refractivity contribution >= 4 is 70.2 Å². The number of amides is 6. The number of nitrogens with two attached hydrogens (primary N) is 5. The van der Waals surface area contributed by atoms with E-state index in [0.29, 0.717) is 11.1 Å². The average molecular weight is 907 g/mol. The molecule has 1 aromatic heterocycles. The first kappa shape index (κ1) is 51.6. The van der Waals surface area contributed by atoms with E-state index in [1.54, 1.807) is 42.6 Å². The predicted molar refractivity (Wildman–Crippen MR) is 238 cm³/mol. The van der Waals surface area contributed by atoms with E-state index in [1.165, 1.54) is 0 Å². The molecule has 0 saturated carbocycles. The summed E-state index contributed by atoms with van der Waals surface area (Å²) in [4.78, 5) is 114. The summed E-state index contributed by atoms with van der Waals surface area (Å²) in [5.41, 5.74) is 29.5. The van der Waals surface area contributed by atoms with Crippen molar-refractivity contribution in [2.75, 3.05) is 26.2 Å². The van der Waals surface area contributed by atoms with Crippen LogP contribution >= 0.6 is 0 Å². The summed E-state index contributed by atoms with van der Waals surface area (Å²) in [6.45, 7) is -1.09. The van der Waals surface area contributed by atoms with Gasteiger partial charge in [-0.05, 0) is 49.3 Å². The molecular weight excluding hydrogens is 849 g/mol. The van der Waals surface area contributed by atoms with Crippen molar-refractivity contribution in [1.82, 2.24) is 36.9 Å². The normalized spacial score (nSPS) is 13.1. The lowest BCUT2D eigenvalue weighted by atomic mass is 10.0. The van der Waals surface area contributed by atoms with E-state index >= 15 is 0 Å². The Morgan fingerprint density at radius 2 is 1.14 bits per heavy atom. The quantitative estimate of drug-likeness (QED) is 0.0191. The van der Waals surface area contributed by atoms with Gasteiger partial charge in [0.15, 0.2) is 11.9 Å². The second kappa shape index (κ2) is 26.7. The largest absolute Gasteiger partial charge is 0.481 e. The number of aliphatic imine (C=N–C) groups is 2. The number of fused-ring (bicyclic) bond motifs is 1. The van der Waals surface area contributed by atoms with Crippen LogP contribution in [0.3, 0.4) is 0 Å². The fourth-order valence-electron chi connectivity index (χ4n) is 6.34. The molecule has 0 unspecified atom stereocenters. The number of para-hydroxylation sites is 1. The molecule has 3 rings (SSSR count). The smallest absolute Gasteiger partial charge is 0.326 e. The van der Waals surface area contributed by atoms with Crippen LogP contribution in [0.5, 0.6) is 0 Å². The highest BCUT2D eigenvalue weighted by molar-refractivity contribution is 5.96. The number of hydrogen-bond acceptors (Lipinski definition) is 11. The van der Waals surface area contributed by atoms with Crippen LogP contribution in [0.15, 0.2) is 70.8 Å². The van der Waals surface area contributed by atoms with Crippen molar-refractivity contribution in [2.45, 2.75) is 81.6 Å². The van der Waals surface area contributed by atoms with Gasteiger partial charge in [0.05, 0.1) is 19.1 Å². The molecule has 65 heavy (non-hydrogen) atoms. The fraction of sp³-hybridized carbons (Fsp3) is 0.415. The number of carboxylic acid groups (broad SMARTS) is 2. The van der Waals surface area contributed by atoms with E-state index in [1.807, 2.05) is 18.2 Å². The molecule has 24 nitrogen and oxygen atoms in total. The van der Waals surface area contributed by atoms with Gasteiger partial charge in [0, 0.05) is 49.5 Å². The van der Waals surface area contributed by atoms with E-state index in [4.69, 9.17) is 33.8 Å². The van der Waals surface area contributed by atoms with E-state index < -0.39 is 90.7 Å². The van der Waals surface area contributed by atoms with Crippen LogP contribution in [0, 0.1) is 0 Å². The van der Waals surface area contributed by atoms with Gasteiger partial charge in [-0.15, -0.1) is 0 Å². The summed E-state index contributed by atoms with van der Waals surface area (Å²) >= 11 is 0. The highest BCUT2D eigenvalue weighted by atomic mass is 16.4. The number of nitrogens with one attached hydrogen (secondary N) is 7. The van der Waals surface area contributed by atoms with Crippen molar-refractivity contribution in [3.63, 3.8) is 0 Å². The molecule has 352 valence electrons. The third kappa shape index (κ3) is 19.0. The van der Waals surface area contributed by atoms with E-state index in [9.17, 15) is 43.5 Å². The lowest BCUT2D eigenvalue weighted by molar-refractivity contribution is -0.142. The molecule has 0 aliphatic rings. The van der Waals surface area contributed by atoms with Crippen molar-refractivity contribution in [3.05, 3.63) is 71.9 Å². The first-order chi connectivity index (χ1) is 30.9. The van der Waals surface area contributed by atoms with Gasteiger partial charge in [0.1, 0.15) is 24.2 Å². The minimum Gasteiger partial charge on any atom is -0.481 e. The number of benzene rings is 2. The zero-order valence-electron chi connectivity index (χ0n) is 35.6. The van der Waals surface area contributed by atoms with E-state index in [-0.39, 0.29) is 76.4 Å². The van der Waals surface area contributed by atoms with Crippen molar-refractivity contribution in [3.8, 4) is 0 Å². The van der Waals surface area contributed by atoms with Crippen LogP contribution in [0.1, 0.15) is 49.7 Å². The number of nitrogens with zero attached hydrogens (tertiary/aromatic N) is 2. The van der Waals surface area contributed by atoms with Crippen molar-refractivity contribution in [1.29, 1.82) is 0 Å². The lowest BCUT2D eigenvalue weighted by Crippen LogP contribution is -2.58. The molecule has 2 aromatic carbocycles. The Hall–Kier alpha value is -7.76. The molecule has 19 N–H and O–H groups in total. The van der Waals surface area contributed by atoms with Crippen LogP contribution in [0.2, 0.25) is 0 Å². The molecule has 0 spiro atoms. The summed E-state index contributed by atoms with van der Waals surface area (Å²) < 4.78 is 0. The van der Waals surface area contributed by atoms with Crippen LogP contribution in [0.4, 0.5) is 0 Å². The minimum atomic E-state index is -1.40. The summed E-state index contributed by atoms with van der Waals surface area (Å²) in [6.07, 6.45) is 1.21. The number of carbonyl (C=O) groups excluding carboxylic acids is 6. The summed E-state index contributed by atoms with van der Waals surface area (Å²) in [7, 11) is 0. The van der Waals surface area contributed by atoms with Gasteiger partial charge in [-0.2, -0.15) is 0 Å². The van der Waals surface area contributed by atoms with E-state index in [2.05, 4.69) is 46.9 Å². The summed E-state index contributed by atoms with van der Waals surface area (Å²) in [5, 5.41) is 34.6. The number of H-pyrrole nitrogens is 1. The third-order valence-corrected chi connectivity index (χ3v) is 9.68. The standard InChI is InChI=1S/C41H58N14O10/c42-26(14-15-34(58)59)35(60)51-21-32(56)50-22-33(57)52-28(12-6-16-47-40(43)44)36(61)54-30(18-23-8-2-1-3-9-23)38(63)53-29(13-7-17-48-41(45)46)37(62)55-31(39(64)65)19-24-20-49-27-11-5-4-10-25(24)27/h1-5,8-11,20,26,28-31,49H,6-7,12-19,21-22,42H2,(H,50,56)(H,51,60)(H,52,57)(H,53,63)(H,54,61)(H,55,62)(H,58,59)(H,64,65)(H4,43,44,47)(H4,45,46,48)/t26-,28-,29-,30-,31-/m0/s1. The zero-order chi connectivity index (χ0) is 47.9. The Morgan fingerprint density at radius 3 is 1.74 bits per heavy atom. The highest BCUT2D eigenvalue weighted by Crippen LogP contribution is 2.19. The minimum absolute atomic E-state index is 0.0455. The number of carbonyl (C=O) groups is 8. The molecular formula is C41H58N14O10. The lowest BCUT2D eigenvalue weighted by Gasteiger charge is -2.26. The molecule has 0 bridgehead atoms. The second-order valence-corrected chi connectivity index (χ2v) is 14.8. The van der Waals surface area contributed by atoms with E-state index in [0.717, 1.165) is 10.9 Å². The monoisotopic (exact) mass is 906 g/mol. The topological polar surface area (TPSA) is 420 Å². The predicted octanol–water partition coefficient (Wildman–Crippen LogP) is -3.49. The third-order valence-electron chi connectivity index (χ3n) is 9.68. The van der Waals surface area contributed by atoms with Crippen molar-refractivity contribution < 1.29 is 48.6 Å². The first-order valence-electron chi connectivity index (χ1n) is 20.6. The number of rotatable bonds is 28. The Bertz CT molecular complexity index is 2170. The Kier molecular flexibility index (Phi) is 21.2. The maximum Gasteiger partial charge on any atom is 0.326 e. The average Bonchev–Trinajstić information content (AvgIpc) is 3.67. The van der Waals surface area contributed by atoms with Crippen LogP contribution in [-0.2, 0) is 51.2 Å². The number of aliphatic carboxylic acids is 2. The fourth-order valence-corrected chi connectivity index (χ4v) is 6.34. The zero-order valence-corrected chi connectivity index (χ0v) is 35.6. The number of carboxylic acids is 2. The number of aromatic nitrogens is 1. The SMILES string of the molecule is NC(N)=NCCC[C@H](NC(=O)CNC(=O)CNC(=O)[C@@H](N)CCC(=O)O)C(=O)N[C@@H](Cc1ccccc1)C(=O)N[C@@H](CCCN=C(N)N)C(=O)N[C@@H](Cc1c[nH]c2ccccc12)C(=O)O. The molecule has 3 aromatic rings. The number of guanidine groups is 2. The van der Waals surface area contributed by atoms with Gasteiger partial charge >= 0.3 is 11.9 Å². The van der Waals surface area contributed by atoms with Gasteiger partial charge < -0.3 is 75.8 Å². The molecule has 0 fully saturated rings. The summed E-state index contributed by atoms with van der Waals surface area (Å²) in [5.74, 6) is -7.76. The first-order valence-corrected chi connectivity index (χ1v) is 20.6. The van der Waals surface area contributed by atoms with Gasteiger partial charge in [-0.3, -0.25) is 43.5 Å². The molecule has 24 heteroatoms. The Balaban J connectivity index is 1.80. The second-order valence-electron chi connectivity index (χ2n) is 14.8. The van der Waals surface area contributed by atoms with Crippen molar-refractivity contribution in [2.24, 2.45) is 38.7 Å². The number of hydrogen-bond donors (Lipinski definition) is 14. The molecule has 6 amide bonds. The summed E-state index contributed by atoms with van der Waals surface area (Å²) in [6, 6.07) is 9.24. The molecule has 0 radical (unpaired) electrons. The highest BCUT2D eigenvalue weighted by Gasteiger charge is 2.32. The maximum absolute atomic E-state index is 14.2. The Labute approximate surface area is 373 Å². The molecule has 0 aliphatic carbocycles. The van der Waals surface area contributed by atoms with Crippen LogP contribution < -0.4 is 60.6 Å². The van der Waals surface area contributed by atoms with Crippen LogP contribution in [0.25, 0.3) is 10.9 Å². The molecule has 1 heterocycles. The van der Waals surface area contributed by atoms with Crippen LogP contribution in [-0.4, -0.2) is 131 Å². The molecule has 0 aliphatic heterocycles. The van der Waals surface area contributed by atoms with Gasteiger partial charge in [0.2, 0.25) is 35.4 Å². The van der Waals surface area contributed by atoms with Gasteiger partial charge in [0.25, 0.3) is 0 Å². The molecule has 5 atom stereocenters. The van der Waals surface area contributed by atoms with Gasteiger partial charge in [-0.25, -0.2) is 4.79 Å². The number of aromatic amines is 1.